The summed E-state index contributed by atoms with van der Waals surface area (Å²) in [5.74, 6) is 0.336. The first-order chi connectivity index (χ1) is 7.76. The van der Waals surface area contributed by atoms with Gasteiger partial charge in [-0.2, -0.15) is 0 Å². The van der Waals surface area contributed by atoms with Gasteiger partial charge in [-0.05, 0) is 17.7 Å². The average molecular weight is 218 g/mol. The van der Waals surface area contributed by atoms with Gasteiger partial charge in [0, 0.05) is 19.5 Å². The van der Waals surface area contributed by atoms with Crippen LogP contribution in [0.15, 0.2) is 24.3 Å². The standard InChI is InChI=1S/C13H18N2O/c1-2-15-8-7-12(16)13(15)11-5-3-10(9-14)4-6-11/h3-6,13H,2,7-9,14H2,1H3. The van der Waals surface area contributed by atoms with Crippen LogP contribution in [-0.4, -0.2) is 23.8 Å². The zero-order chi connectivity index (χ0) is 11.5. The molecule has 1 fully saturated rings. The summed E-state index contributed by atoms with van der Waals surface area (Å²) in [7, 11) is 0. The summed E-state index contributed by atoms with van der Waals surface area (Å²) in [6.45, 7) is 4.46. The summed E-state index contributed by atoms with van der Waals surface area (Å²) >= 11 is 0. The Morgan fingerprint density at radius 3 is 2.62 bits per heavy atom. The van der Waals surface area contributed by atoms with Crippen LogP contribution in [0.1, 0.15) is 30.5 Å². The van der Waals surface area contributed by atoms with Crippen molar-refractivity contribution in [3.8, 4) is 0 Å². The van der Waals surface area contributed by atoms with Crippen molar-refractivity contribution < 1.29 is 4.79 Å². The predicted octanol–water partition coefficient (Wildman–Crippen LogP) is 1.48. The molecule has 1 heterocycles. The molecule has 86 valence electrons. The number of benzene rings is 1. The summed E-state index contributed by atoms with van der Waals surface area (Å²) in [5, 5.41) is 0. The van der Waals surface area contributed by atoms with Crippen molar-refractivity contribution in [1.82, 2.24) is 4.90 Å². The van der Waals surface area contributed by atoms with Crippen LogP contribution in [0.2, 0.25) is 0 Å². The molecular formula is C13H18N2O. The van der Waals surface area contributed by atoms with Crippen LogP contribution < -0.4 is 5.73 Å². The van der Waals surface area contributed by atoms with E-state index in [0.29, 0.717) is 18.7 Å². The molecule has 1 aromatic carbocycles. The number of Topliss-reactive ketones (excluding diaryl/α,β-unsaturated/α-hetero) is 1. The maximum atomic E-state index is 11.8. The third-order valence-electron chi connectivity index (χ3n) is 3.25. The Bertz CT molecular complexity index is 372. The smallest absolute Gasteiger partial charge is 0.155 e. The molecule has 0 spiro atoms. The second-order valence-electron chi connectivity index (χ2n) is 4.19. The highest BCUT2D eigenvalue weighted by Crippen LogP contribution is 2.28. The topological polar surface area (TPSA) is 46.3 Å². The fourth-order valence-corrected chi connectivity index (χ4v) is 2.30. The zero-order valence-corrected chi connectivity index (χ0v) is 9.65. The maximum Gasteiger partial charge on any atom is 0.155 e. The molecule has 1 atom stereocenters. The largest absolute Gasteiger partial charge is 0.326 e. The Morgan fingerprint density at radius 1 is 1.38 bits per heavy atom. The van der Waals surface area contributed by atoms with E-state index in [9.17, 15) is 4.79 Å². The minimum absolute atomic E-state index is 0.0307. The fraction of sp³-hybridized carbons (Fsp3) is 0.462. The van der Waals surface area contributed by atoms with Crippen LogP contribution >= 0.6 is 0 Å². The van der Waals surface area contributed by atoms with E-state index in [1.54, 1.807) is 0 Å². The van der Waals surface area contributed by atoms with Crippen molar-refractivity contribution in [3.05, 3.63) is 35.4 Å². The molecular weight excluding hydrogens is 200 g/mol. The molecule has 16 heavy (non-hydrogen) atoms. The lowest BCUT2D eigenvalue weighted by molar-refractivity contribution is -0.120. The highest BCUT2D eigenvalue weighted by Gasteiger charge is 2.32. The number of carbonyl (C=O) groups is 1. The minimum Gasteiger partial charge on any atom is -0.326 e. The Labute approximate surface area is 96.2 Å². The molecule has 1 aliphatic heterocycles. The first-order valence-corrected chi connectivity index (χ1v) is 5.82. The first kappa shape index (κ1) is 11.3. The summed E-state index contributed by atoms with van der Waals surface area (Å²) in [4.78, 5) is 14.1. The lowest BCUT2D eigenvalue weighted by Crippen LogP contribution is -2.25. The van der Waals surface area contributed by atoms with Crippen molar-refractivity contribution >= 4 is 5.78 Å². The van der Waals surface area contributed by atoms with E-state index in [0.717, 1.165) is 24.2 Å². The van der Waals surface area contributed by atoms with Crippen molar-refractivity contribution in [2.75, 3.05) is 13.1 Å². The molecule has 0 radical (unpaired) electrons. The number of likely N-dealkylation sites (tertiary alicyclic amines) is 1. The van der Waals surface area contributed by atoms with Gasteiger partial charge in [0.05, 0.1) is 6.04 Å². The Morgan fingerprint density at radius 2 is 2.06 bits per heavy atom. The monoisotopic (exact) mass is 218 g/mol. The van der Waals surface area contributed by atoms with Gasteiger partial charge in [-0.1, -0.05) is 31.2 Å². The second kappa shape index (κ2) is 4.76. The average Bonchev–Trinajstić information content (AvgIpc) is 2.70. The first-order valence-electron chi connectivity index (χ1n) is 5.82. The van der Waals surface area contributed by atoms with Crippen LogP contribution in [0.25, 0.3) is 0 Å². The van der Waals surface area contributed by atoms with Crippen molar-refractivity contribution in [2.45, 2.75) is 25.9 Å². The van der Waals surface area contributed by atoms with Gasteiger partial charge in [-0.15, -0.1) is 0 Å². The Kier molecular flexibility index (Phi) is 3.36. The number of hydrogen-bond acceptors (Lipinski definition) is 3. The maximum absolute atomic E-state index is 11.8. The van der Waals surface area contributed by atoms with Gasteiger partial charge in [0.1, 0.15) is 0 Å². The van der Waals surface area contributed by atoms with Crippen LogP contribution in [0.4, 0.5) is 0 Å². The van der Waals surface area contributed by atoms with Gasteiger partial charge in [0.2, 0.25) is 0 Å². The van der Waals surface area contributed by atoms with E-state index in [-0.39, 0.29) is 6.04 Å². The highest BCUT2D eigenvalue weighted by atomic mass is 16.1. The van der Waals surface area contributed by atoms with E-state index < -0.39 is 0 Å². The molecule has 0 aromatic heterocycles. The van der Waals surface area contributed by atoms with E-state index >= 15 is 0 Å². The molecule has 2 rings (SSSR count). The molecule has 3 heteroatoms. The zero-order valence-electron chi connectivity index (χ0n) is 9.65. The van der Waals surface area contributed by atoms with Crippen molar-refractivity contribution in [1.29, 1.82) is 0 Å². The molecule has 0 saturated carbocycles. The lowest BCUT2D eigenvalue weighted by Gasteiger charge is -2.21. The highest BCUT2D eigenvalue weighted by molar-refractivity contribution is 5.87. The number of likely N-dealkylation sites (N-methyl/N-ethyl adjacent to an activating group) is 1. The minimum atomic E-state index is -0.0307. The Hall–Kier alpha value is -1.19. The number of ketones is 1. The van der Waals surface area contributed by atoms with Gasteiger partial charge in [-0.25, -0.2) is 0 Å². The van der Waals surface area contributed by atoms with E-state index in [2.05, 4.69) is 11.8 Å². The molecule has 1 saturated heterocycles. The van der Waals surface area contributed by atoms with Gasteiger partial charge < -0.3 is 5.73 Å². The van der Waals surface area contributed by atoms with Crippen LogP contribution in [0.3, 0.4) is 0 Å². The summed E-state index contributed by atoms with van der Waals surface area (Å²) in [5.41, 5.74) is 7.76. The van der Waals surface area contributed by atoms with Crippen molar-refractivity contribution in [2.24, 2.45) is 5.73 Å². The van der Waals surface area contributed by atoms with Gasteiger partial charge in [-0.3, -0.25) is 9.69 Å². The molecule has 1 aromatic rings. The van der Waals surface area contributed by atoms with Gasteiger partial charge >= 0.3 is 0 Å². The van der Waals surface area contributed by atoms with E-state index in [1.165, 1.54) is 0 Å². The molecule has 3 nitrogen and oxygen atoms in total. The molecule has 0 aliphatic carbocycles. The molecule has 0 bridgehead atoms. The summed E-state index contributed by atoms with van der Waals surface area (Å²) in [6, 6.07) is 8.04. The SMILES string of the molecule is CCN1CCC(=O)C1c1ccc(CN)cc1. The van der Waals surface area contributed by atoms with Crippen LogP contribution in [0.5, 0.6) is 0 Å². The normalized spacial score (nSPS) is 21.6. The lowest BCUT2D eigenvalue weighted by atomic mass is 10.0. The number of hydrogen-bond donors (Lipinski definition) is 1. The number of rotatable bonds is 3. The number of nitrogens with zero attached hydrogens (tertiary/aromatic N) is 1. The molecule has 2 N–H and O–H groups in total. The van der Waals surface area contributed by atoms with Crippen LogP contribution in [-0.2, 0) is 11.3 Å². The van der Waals surface area contributed by atoms with Crippen molar-refractivity contribution in [3.63, 3.8) is 0 Å². The molecule has 1 unspecified atom stereocenters. The summed E-state index contributed by atoms with van der Waals surface area (Å²) in [6.07, 6.45) is 0.678. The number of carbonyl (C=O) groups excluding carboxylic acids is 1. The quantitative estimate of drug-likeness (QED) is 0.836. The fourth-order valence-electron chi connectivity index (χ4n) is 2.30. The van der Waals surface area contributed by atoms with Crippen LogP contribution in [0, 0.1) is 0 Å². The van der Waals surface area contributed by atoms with Gasteiger partial charge in [0.25, 0.3) is 0 Å². The Balaban J connectivity index is 2.24. The third kappa shape index (κ3) is 2.01. The van der Waals surface area contributed by atoms with Gasteiger partial charge in [0.15, 0.2) is 5.78 Å². The molecule has 1 aliphatic rings. The predicted molar refractivity (Wildman–Crippen MR) is 63.9 cm³/mol. The van der Waals surface area contributed by atoms with E-state index in [1.807, 2.05) is 24.3 Å². The molecule has 0 amide bonds. The number of nitrogens with two attached hydrogens (primary N) is 1. The summed E-state index contributed by atoms with van der Waals surface area (Å²) < 4.78 is 0. The third-order valence-corrected chi connectivity index (χ3v) is 3.25. The van der Waals surface area contributed by atoms with E-state index in [4.69, 9.17) is 5.73 Å². The second-order valence-corrected chi connectivity index (χ2v) is 4.19.